The van der Waals surface area contributed by atoms with Crippen molar-refractivity contribution in [1.29, 1.82) is 5.26 Å². The first kappa shape index (κ1) is 29.0. The SMILES string of the molecule is CCC[C@@H](CCO)Nc1nc(OC(N)=O)nc2c(C)nn(Cc3cnc(C4CCN(CC#N)CC4)cc3OC)c12. The molecule has 0 aliphatic carbocycles. The molecule has 3 aromatic heterocycles. The van der Waals surface area contributed by atoms with Gasteiger partial charge in [-0.25, -0.2) is 4.79 Å². The zero-order valence-corrected chi connectivity index (χ0v) is 23.3. The van der Waals surface area contributed by atoms with Crippen LogP contribution in [0.2, 0.25) is 0 Å². The number of nitriles is 1. The number of hydrogen-bond donors (Lipinski definition) is 3. The lowest BCUT2D eigenvalue weighted by molar-refractivity contribution is 0.207. The Kier molecular flexibility index (Phi) is 9.68. The van der Waals surface area contributed by atoms with Crippen molar-refractivity contribution in [2.45, 2.75) is 64.5 Å². The van der Waals surface area contributed by atoms with Gasteiger partial charge < -0.3 is 25.6 Å². The molecule has 0 bridgehead atoms. The number of aromatic nitrogens is 5. The van der Waals surface area contributed by atoms with Crippen molar-refractivity contribution in [3.8, 4) is 17.8 Å². The van der Waals surface area contributed by atoms with Gasteiger partial charge in [-0.1, -0.05) is 13.3 Å². The summed E-state index contributed by atoms with van der Waals surface area (Å²) in [6.07, 6.45) is 4.92. The fourth-order valence-corrected chi connectivity index (χ4v) is 5.21. The van der Waals surface area contributed by atoms with E-state index >= 15 is 0 Å². The van der Waals surface area contributed by atoms with Gasteiger partial charge in [0, 0.05) is 42.1 Å². The molecular weight excluding hydrogens is 514 g/mol. The lowest BCUT2D eigenvalue weighted by atomic mass is 9.92. The quantitative estimate of drug-likeness (QED) is 0.282. The Balaban J connectivity index is 1.67. The molecule has 0 spiro atoms. The third-order valence-corrected chi connectivity index (χ3v) is 7.19. The average molecular weight is 552 g/mol. The Hall–Kier alpha value is -4.02. The summed E-state index contributed by atoms with van der Waals surface area (Å²) in [6, 6.07) is 3.98. The van der Waals surface area contributed by atoms with Crippen LogP contribution in [-0.2, 0) is 6.54 Å². The van der Waals surface area contributed by atoms with Crippen LogP contribution in [0.4, 0.5) is 10.6 Å². The minimum absolute atomic E-state index is 0.0153. The van der Waals surface area contributed by atoms with Gasteiger partial charge in [-0.15, -0.1) is 0 Å². The van der Waals surface area contributed by atoms with E-state index in [9.17, 15) is 9.90 Å². The molecular formula is C27H37N9O4. The summed E-state index contributed by atoms with van der Waals surface area (Å²) < 4.78 is 12.6. The van der Waals surface area contributed by atoms with Crippen molar-refractivity contribution in [2.75, 3.05) is 38.7 Å². The average Bonchev–Trinajstić information content (AvgIpc) is 3.24. The number of fused-ring (bicyclic) bond motifs is 1. The lowest BCUT2D eigenvalue weighted by Crippen LogP contribution is -2.33. The van der Waals surface area contributed by atoms with E-state index in [1.807, 2.05) is 19.2 Å². The summed E-state index contributed by atoms with van der Waals surface area (Å²) in [4.78, 5) is 27.2. The van der Waals surface area contributed by atoms with Gasteiger partial charge in [0.15, 0.2) is 5.82 Å². The second kappa shape index (κ2) is 13.4. The van der Waals surface area contributed by atoms with Crippen molar-refractivity contribution in [2.24, 2.45) is 5.73 Å². The number of likely N-dealkylation sites (tertiary alicyclic amines) is 1. The fraction of sp³-hybridized carbons (Fsp3) is 0.556. The highest BCUT2D eigenvalue weighted by Gasteiger charge is 2.24. The molecule has 1 aliphatic heterocycles. The Morgan fingerprint density at radius 2 is 2.10 bits per heavy atom. The van der Waals surface area contributed by atoms with E-state index in [0.717, 1.165) is 50.0 Å². The van der Waals surface area contributed by atoms with Crippen molar-refractivity contribution in [3.63, 3.8) is 0 Å². The van der Waals surface area contributed by atoms with Gasteiger partial charge in [-0.05, 0) is 45.7 Å². The van der Waals surface area contributed by atoms with Gasteiger partial charge in [0.25, 0.3) is 0 Å². The number of carbonyl (C=O) groups is 1. The molecule has 4 heterocycles. The third-order valence-electron chi connectivity index (χ3n) is 7.19. The number of aliphatic hydroxyl groups is 1. The maximum atomic E-state index is 11.4. The highest BCUT2D eigenvalue weighted by Crippen LogP contribution is 2.32. The number of amides is 1. The predicted octanol–water partition coefficient (Wildman–Crippen LogP) is 2.71. The van der Waals surface area contributed by atoms with E-state index in [1.54, 1.807) is 11.8 Å². The van der Waals surface area contributed by atoms with Gasteiger partial charge in [-0.2, -0.15) is 20.3 Å². The molecule has 4 N–H and O–H groups in total. The first-order valence-electron chi connectivity index (χ1n) is 13.6. The Bertz CT molecular complexity index is 1360. The zero-order valence-electron chi connectivity index (χ0n) is 23.3. The number of piperidine rings is 1. The van der Waals surface area contributed by atoms with E-state index < -0.39 is 6.09 Å². The predicted molar refractivity (Wildman–Crippen MR) is 148 cm³/mol. The van der Waals surface area contributed by atoms with Crippen LogP contribution in [0, 0.1) is 18.3 Å². The van der Waals surface area contributed by atoms with Crippen LogP contribution in [0.3, 0.4) is 0 Å². The van der Waals surface area contributed by atoms with Gasteiger partial charge in [0.05, 0.1) is 32.0 Å². The minimum Gasteiger partial charge on any atom is -0.496 e. The van der Waals surface area contributed by atoms with E-state index in [2.05, 4.69) is 33.2 Å². The fourth-order valence-electron chi connectivity index (χ4n) is 5.21. The topological polar surface area (TPSA) is 177 Å². The third kappa shape index (κ3) is 6.75. The number of ether oxygens (including phenoxy) is 2. The zero-order chi connectivity index (χ0) is 28.6. The van der Waals surface area contributed by atoms with Gasteiger partial charge in [0.2, 0.25) is 0 Å². The number of nitrogens with two attached hydrogens (primary N) is 1. The van der Waals surface area contributed by atoms with Crippen LogP contribution in [0.1, 0.15) is 61.9 Å². The highest BCUT2D eigenvalue weighted by molar-refractivity contribution is 5.88. The second-order valence-electron chi connectivity index (χ2n) is 9.99. The summed E-state index contributed by atoms with van der Waals surface area (Å²) >= 11 is 0. The number of rotatable bonds is 12. The van der Waals surface area contributed by atoms with Crippen LogP contribution in [-0.4, -0.2) is 80.2 Å². The maximum Gasteiger partial charge on any atom is 0.412 e. The normalized spacial score (nSPS) is 15.1. The minimum atomic E-state index is -1.01. The van der Waals surface area contributed by atoms with Gasteiger partial charge in [-0.3, -0.25) is 14.6 Å². The molecule has 1 fully saturated rings. The van der Waals surface area contributed by atoms with Crippen molar-refractivity contribution in [1.82, 2.24) is 29.6 Å². The molecule has 0 radical (unpaired) electrons. The van der Waals surface area contributed by atoms with E-state index in [1.165, 1.54) is 0 Å². The molecule has 0 unspecified atom stereocenters. The van der Waals surface area contributed by atoms with Crippen molar-refractivity contribution >= 4 is 22.9 Å². The highest BCUT2D eigenvalue weighted by atomic mass is 16.6. The summed E-state index contributed by atoms with van der Waals surface area (Å²) in [5, 5.41) is 26.7. The van der Waals surface area contributed by atoms with Crippen LogP contribution in [0.15, 0.2) is 12.3 Å². The molecule has 1 atom stereocenters. The Labute approximate surface area is 233 Å². The largest absolute Gasteiger partial charge is 0.496 e. The second-order valence-corrected chi connectivity index (χ2v) is 9.99. The molecule has 13 nitrogen and oxygen atoms in total. The standard InChI is InChI=1S/C27H37N9O4/c1-4-5-20(8-13-37)31-25-24-23(32-27(33-25)40-26(29)38)17(2)34-36(24)16-19-15-30-21(14-22(19)39-3)18-6-10-35(11-7-18)12-9-28/h14-15,18,20,37H,4-8,10-13,16H2,1-3H3,(H2,29,38)(H,31,32,33)/t20-/m0/s1. The van der Waals surface area contributed by atoms with Gasteiger partial charge >= 0.3 is 12.1 Å². The monoisotopic (exact) mass is 551 g/mol. The molecule has 1 saturated heterocycles. The molecule has 214 valence electrons. The van der Waals surface area contributed by atoms with Crippen LogP contribution >= 0.6 is 0 Å². The number of anilines is 1. The number of nitrogens with one attached hydrogen (secondary N) is 1. The molecule has 3 aromatic rings. The summed E-state index contributed by atoms with van der Waals surface area (Å²) in [5.74, 6) is 1.45. The number of nitrogens with zero attached hydrogens (tertiary/aromatic N) is 7. The van der Waals surface area contributed by atoms with E-state index in [-0.39, 0.29) is 18.7 Å². The summed E-state index contributed by atoms with van der Waals surface area (Å²) in [7, 11) is 1.64. The number of pyridine rings is 1. The number of carbonyl (C=O) groups excluding carboxylic acids is 1. The molecule has 4 rings (SSSR count). The lowest BCUT2D eigenvalue weighted by Gasteiger charge is -2.30. The Morgan fingerprint density at radius 3 is 2.75 bits per heavy atom. The summed E-state index contributed by atoms with van der Waals surface area (Å²) in [6.45, 7) is 6.43. The number of primary amides is 1. The number of methoxy groups -OCH3 is 1. The molecule has 40 heavy (non-hydrogen) atoms. The molecule has 0 saturated carbocycles. The Morgan fingerprint density at radius 1 is 1.32 bits per heavy atom. The van der Waals surface area contributed by atoms with E-state index in [4.69, 9.17) is 30.6 Å². The van der Waals surface area contributed by atoms with Crippen molar-refractivity contribution in [3.05, 3.63) is 29.2 Å². The van der Waals surface area contributed by atoms with Crippen LogP contribution < -0.4 is 20.5 Å². The number of hydrogen-bond acceptors (Lipinski definition) is 11. The van der Waals surface area contributed by atoms with Crippen molar-refractivity contribution < 1.29 is 19.4 Å². The molecule has 0 aromatic carbocycles. The first-order valence-corrected chi connectivity index (χ1v) is 13.6. The number of aryl methyl sites for hydroxylation is 1. The maximum absolute atomic E-state index is 11.4. The van der Waals surface area contributed by atoms with Crippen LogP contribution in [0.25, 0.3) is 11.0 Å². The first-order chi connectivity index (χ1) is 19.4. The van der Waals surface area contributed by atoms with Gasteiger partial charge in [0.1, 0.15) is 16.8 Å². The summed E-state index contributed by atoms with van der Waals surface area (Å²) in [5.41, 5.74) is 8.80. The number of aliphatic hydroxyl groups excluding tert-OH is 1. The molecule has 13 heteroatoms. The van der Waals surface area contributed by atoms with E-state index in [0.29, 0.717) is 53.7 Å². The molecule has 1 aliphatic rings. The van der Waals surface area contributed by atoms with Crippen LogP contribution in [0.5, 0.6) is 11.8 Å². The molecule has 1 amide bonds. The smallest absolute Gasteiger partial charge is 0.412 e.